The average molecular weight is 477 g/mol. The van der Waals surface area contributed by atoms with Crippen LogP contribution in [0.4, 0.5) is 0 Å². The minimum atomic E-state index is -2.88. The van der Waals surface area contributed by atoms with E-state index in [0.29, 0.717) is 0 Å². The van der Waals surface area contributed by atoms with E-state index in [-0.39, 0.29) is 31.2 Å². The van der Waals surface area contributed by atoms with Crippen LogP contribution < -0.4 is 17.0 Å². The summed E-state index contributed by atoms with van der Waals surface area (Å²) < 4.78 is 55.0. The van der Waals surface area contributed by atoms with Gasteiger partial charge in [-0.25, -0.2) is 4.79 Å². The second-order valence-electron chi connectivity index (χ2n) is 7.26. The molecule has 4 unspecified atom stereocenters. The summed E-state index contributed by atoms with van der Waals surface area (Å²) in [5, 5.41) is 14.9. The summed E-state index contributed by atoms with van der Waals surface area (Å²) in [6.45, 7) is 0. The number of aliphatic hydroxyl groups is 1. The third kappa shape index (κ3) is 2.84. The van der Waals surface area contributed by atoms with Crippen molar-refractivity contribution in [2.75, 3.05) is 14.1 Å². The normalized spacial score (nSPS) is 42.3. The van der Waals surface area contributed by atoms with Crippen LogP contribution >= 0.6 is 22.7 Å². The van der Waals surface area contributed by atoms with Gasteiger partial charge in [0, 0.05) is 18.2 Å². The largest absolute Gasteiger partial charge is 1.00 e. The molecule has 4 atom stereocenters. The zero-order chi connectivity index (χ0) is 22.6. The van der Waals surface area contributed by atoms with Gasteiger partial charge < -0.3 is 36.0 Å². The van der Waals surface area contributed by atoms with Crippen molar-refractivity contribution in [3.8, 4) is 0 Å². The van der Waals surface area contributed by atoms with E-state index in [9.17, 15) is 9.90 Å². The molecule has 0 saturated carbocycles. The summed E-state index contributed by atoms with van der Waals surface area (Å²) in [5.41, 5.74) is -2.26. The quantitative estimate of drug-likeness (QED) is 0.362. The lowest BCUT2D eigenvalue weighted by Gasteiger charge is -2.45. The molecule has 3 aliphatic rings. The topological polar surface area (TPSA) is 59.1 Å². The van der Waals surface area contributed by atoms with Crippen molar-refractivity contribution in [2.45, 2.75) is 48.7 Å². The Labute approximate surface area is 183 Å². The maximum absolute atomic E-state index is 13.5. The lowest BCUT2D eigenvalue weighted by molar-refractivity contribution is -0.938. The van der Waals surface area contributed by atoms with Crippen LogP contribution in [0.5, 0.6) is 0 Å². The Morgan fingerprint density at radius 1 is 1.26 bits per heavy atom. The Bertz CT molecular complexity index is 968. The molecule has 0 radical (unpaired) electrons. The van der Waals surface area contributed by atoms with Crippen molar-refractivity contribution in [3.63, 3.8) is 0 Å². The molecule has 8 heteroatoms. The molecule has 1 N–H and O–H groups in total. The number of esters is 1. The number of rotatable bonds is 4. The van der Waals surface area contributed by atoms with Crippen LogP contribution in [0.15, 0.2) is 35.0 Å². The van der Waals surface area contributed by atoms with Crippen LogP contribution in [0.3, 0.4) is 0 Å². The minimum Gasteiger partial charge on any atom is -1.00 e. The van der Waals surface area contributed by atoms with Gasteiger partial charge in [0.2, 0.25) is 5.60 Å². The average Bonchev–Trinajstić information content (AvgIpc) is 3.14. The number of quaternary nitrogens is 1. The van der Waals surface area contributed by atoms with Crippen LogP contribution in [0.2, 0.25) is 0 Å². The van der Waals surface area contributed by atoms with Gasteiger partial charge >= 0.3 is 5.97 Å². The maximum atomic E-state index is 13.5. The predicted octanol–water partition coefficient (Wildman–Crippen LogP) is -0.650. The van der Waals surface area contributed by atoms with Crippen LogP contribution in [0, 0.1) is 0 Å². The van der Waals surface area contributed by atoms with Gasteiger partial charge in [-0.15, -0.1) is 22.7 Å². The first-order valence-corrected chi connectivity index (χ1v) is 10.1. The summed E-state index contributed by atoms with van der Waals surface area (Å²) in [5.74, 6) is -1.26. The molecule has 3 saturated heterocycles. The second-order valence-corrected chi connectivity index (χ2v) is 9.15. The molecule has 2 bridgehead atoms. The van der Waals surface area contributed by atoms with Crippen LogP contribution in [-0.4, -0.2) is 60.0 Å². The number of carbonyl (C=O) groups is 1. The van der Waals surface area contributed by atoms with E-state index < -0.39 is 54.7 Å². The predicted molar refractivity (Wildman–Crippen MR) is 99.1 cm³/mol. The third-order valence-electron chi connectivity index (χ3n) is 5.42. The Morgan fingerprint density at radius 3 is 2.22 bits per heavy atom. The lowest BCUT2D eigenvalue weighted by Crippen LogP contribution is -3.00. The number of halogens is 1. The standard InChI is InChI=1S/C19H22NO4S2.BrH/c1-20(2)12-9-11(10-13(20)17-16(12)24-17)23-18(21)19(22,14-5-3-7-25-14)15-6-4-8-26-15;/h3-8,11-13,16-17,22H,9-10H2,1-2H3;1H/q+1;/p-1/i9D2,10D2,11D;. The minimum absolute atomic E-state index is 0. The van der Waals surface area contributed by atoms with E-state index in [1.165, 1.54) is 0 Å². The Morgan fingerprint density at radius 2 is 1.78 bits per heavy atom. The van der Waals surface area contributed by atoms with Crippen LogP contribution in [0.1, 0.15) is 29.4 Å². The van der Waals surface area contributed by atoms with Gasteiger partial charge in [-0.3, -0.25) is 0 Å². The highest BCUT2D eigenvalue weighted by Gasteiger charge is 2.71. The smallest absolute Gasteiger partial charge is 0.349 e. The molecule has 3 aliphatic heterocycles. The molecule has 2 aromatic rings. The molecule has 5 nitrogen and oxygen atoms in total. The number of epoxide rings is 1. The number of ether oxygens (including phenoxy) is 2. The van der Waals surface area contributed by atoms with Gasteiger partial charge in [-0.1, -0.05) is 12.1 Å². The highest BCUT2D eigenvalue weighted by atomic mass is 79.9. The van der Waals surface area contributed by atoms with E-state index in [1.807, 2.05) is 0 Å². The number of piperidine rings is 1. The van der Waals surface area contributed by atoms with Gasteiger partial charge in [0.05, 0.1) is 25.2 Å². The molecular weight excluding hydrogens is 450 g/mol. The van der Waals surface area contributed by atoms with Crippen molar-refractivity contribution < 1.29 is 47.7 Å². The van der Waals surface area contributed by atoms with Gasteiger partial charge in [-0.05, 0) is 22.9 Å². The summed E-state index contributed by atoms with van der Waals surface area (Å²) >= 11 is 2.24. The zero-order valence-corrected chi connectivity index (χ0v) is 17.8. The highest BCUT2D eigenvalue weighted by Crippen LogP contribution is 2.52. The maximum Gasteiger partial charge on any atom is 0.349 e. The van der Waals surface area contributed by atoms with Gasteiger partial charge in [0.15, 0.2) is 0 Å². The first-order valence-electron chi connectivity index (χ1n) is 10.8. The Kier molecular flexibility index (Phi) is 3.50. The van der Waals surface area contributed by atoms with E-state index in [2.05, 4.69) is 0 Å². The summed E-state index contributed by atoms with van der Waals surface area (Å²) in [6.07, 6.45) is -9.10. The van der Waals surface area contributed by atoms with Crippen LogP contribution in [0.25, 0.3) is 0 Å². The third-order valence-corrected chi connectivity index (χ3v) is 7.38. The number of fused-ring (bicyclic) bond motifs is 5. The van der Waals surface area contributed by atoms with Crippen molar-refractivity contribution in [2.24, 2.45) is 0 Å². The van der Waals surface area contributed by atoms with Gasteiger partial charge in [0.1, 0.15) is 30.4 Å². The first kappa shape index (κ1) is 14.3. The van der Waals surface area contributed by atoms with Crippen molar-refractivity contribution in [1.82, 2.24) is 0 Å². The van der Waals surface area contributed by atoms with Crippen molar-refractivity contribution in [1.29, 1.82) is 0 Å². The zero-order valence-electron chi connectivity index (χ0n) is 19.6. The number of carbonyl (C=O) groups excluding carboxylic acids is 1. The molecule has 0 aromatic carbocycles. The fourth-order valence-electron chi connectivity index (χ4n) is 3.90. The molecule has 5 heterocycles. The monoisotopic (exact) mass is 476 g/mol. The SMILES string of the molecule is [2H]C1([2H])C2C3OC3C(C([2H])([2H])C1([2H])OC(=O)C(O)(c1cccs1)c1cccs1)[N+]2(C)C.[Br-]. The van der Waals surface area contributed by atoms with Gasteiger partial charge in [0.25, 0.3) is 0 Å². The van der Waals surface area contributed by atoms with Crippen molar-refractivity contribution in [3.05, 3.63) is 44.8 Å². The van der Waals surface area contributed by atoms with Gasteiger partial charge in [-0.2, -0.15) is 0 Å². The summed E-state index contributed by atoms with van der Waals surface area (Å²) in [4.78, 5) is 14.0. The molecule has 5 rings (SSSR count). The van der Waals surface area contributed by atoms with E-state index >= 15 is 0 Å². The number of morpholine rings is 1. The first-order chi connectivity index (χ1) is 14.3. The van der Waals surface area contributed by atoms with Crippen molar-refractivity contribution >= 4 is 28.6 Å². The molecule has 146 valence electrons. The lowest BCUT2D eigenvalue weighted by atomic mass is 9.95. The fourth-order valence-corrected chi connectivity index (χ4v) is 5.61. The Hall–Kier alpha value is -0.770. The van der Waals surface area contributed by atoms with E-state index in [1.54, 1.807) is 49.1 Å². The second kappa shape index (κ2) is 6.64. The molecule has 27 heavy (non-hydrogen) atoms. The molecular formula is C19H22BrNO4S2. The van der Waals surface area contributed by atoms with E-state index in [0.717, 1.165) is 22.7 Å². The number of hydrogen-bond donors (Lipinski definition) is 1. The molecule has 0 aliphatic carbocycles. The number of thiophene rings is 2. The highest BCUT2D eigenvalue weighted by molar-refractivity contribution is 7.12. The summed E-state index contributed by atoms with van der Waals surface area (Å²) in [7, 11) is 3.44. The Balaban J connectivity index is 0.00000245. The molecule has 0 amide bonds. The summed E-state index contributed by atoms with van der Waals surface area (Å²) in [6, 6.07) is 4.67. The number of hydrogen-bond acceptors (Lipinski definition) is 6. The molecule has 3 fully saturated rings. The number of likely N-dealkylation sites (N-methyl/N-ethyl adjacent to an activating group) is 1. The van der Waals surface area contributed by atoms with E-state index in [4.69, 9.17) is 16.3 Å². The molecule has 2 aromatic heterocycles. The van der Waals surface area contributed by atoms with Crippen LogP contribution in [-0.2, 0) is 19.9 Å². The molecule has 0 spiro atoms. The fraction of sp³-hybridized carbons (Fsp3) is 0.526. The number of nitrogens with zero attached hydrogens (tertiary/aromatic N) is 1.